The molecule has 3 aromatic heterocycles. The summed E-state index contributed by atoms with van der Waals surface area (Å²) in [4.78, 5) is 58.8. The summed E-state index contributed by atoms with van der Waals surface area (Å²) in [5.74, 6) is -1.41. The molecule has 21 nitrogen and oxygen atoms in total. The molecule has 2 fully saturated rings. The summed E-state index contributed by atoms with van der Waals surface area (Å²) in [6.07, 6.45) is 3.18. The Labute approximate surface area is 654 Å². The number of benzene rings is 8. The lowest BCUT2D eigenvalue weighted by Crippen LogP contribution is -2.49. The Balaban J connectivity index is 0.000000171. The topological polar surface area (TPSA) is 266 Å². The van der Waals surface area contributed by atoms with Crippen molar-refractivity contribution in [1.82, 2.24) is 29.7 Å². The van der Waals surface area contributed by atoms with Crippen LogP contribution >= 0.6 is 34.8 Å². The molecule has 2 saturated heterocycles. The highest BCUT2D eigenvalue weighted by molar-refractivity contribution is 6.58. The number of halogens is 8. The van der Waals surface area contributed by atoms with Crippen LogP contribution in [0.2, 0.25) is 15.6 Å². The zero-order chi connectivity index (χ0) is 79.5. The average molecular weight is 1570 g/mol. The third-order valence-electron chi connectivity index (χ3n) is 16.5. The van der Waals surface area contributed by atoms with Gasteiger partial charge in [-0.25, -0.2) is 41.9 Å². The Morgan fingerprint density at radius 1 is 0.477 bits per heavy atom. The third-order valence-corrected chi connectivity index (χ3v) is 17.2. The number of piperazine rings is 2. The van der Waals surface area contributed by atoms with Crippen LogP contribution in [0, 0.1) is 17.5 Å². The summed E-state index contributed by atoms with van der Waals surface area (Å²) in [6.45, 7) is 14.0. The van der Waals surface area contributed by atoms with E-state index in [1.54, 1.807) is 108 Å². The lowest BCUT2D eigenvalue weighted by atomic mass is 9.80. The monoisotopic (exact) mass is 1560 g/mol. The Morgan fingerprint density at radius 3 is 1.36 bits per heavy atom. The van der Waals surface area contributed by atoms with Crippen LogP contribution in [0.5, 0.6) is 0 Å². The molecule has 0 saturated carbocycles. The fraction of sp³-hybridized carbons (Fsp3) is 0.123. The molecule has 2 unspecified atom stereocenters. The number of nitrogens with one attached hydrogen (secondary N) is 7. The molecule has 30 heteroatoms. The van der Waals surface area contributed by atoms with Crippen molar-refractivity contribution < 1.29 is 46.4 Å². The van der Waals surface area contributed by atoms with E-state index in [-0.39, 0.29) is 45.6 Å². The highest BCUT2D eigenvalue weighted by Crippen LogP contribution is 2.35. The van der Waals surface area contributed by atoms with Crippen molar-refractivity contribution >= 4 is 145 Å². The maximum Gasteiger partial charge on any atom is 0.488 e. The number of carbonyl (C=O) groups excluding carboxylic acids is 3. The molecule has 2 atom stereocenters. The van der Waals surface area contributed by atoms with Crippen molar-refractivity contribution in [3.05, 3.63) is 296 Å². The quantitative estimate of drug-likeness (QED) is 0.00686. The molecule has 0 aliphatic carbocycles. The molecule has 570 valence electrons. The van der Waals surface area contributed by atoms with Gasteiger partial charge < -0.3 is 62.8 Å². The van der Waals surface area contributed by atoms with Gasteiger partial charge >= 0.3 is 7.12 Å². The lowest BCUT2D eigenvalue weighted by Gasteiger charge is -2.36. The summed E-state index contributed by atoms with van der Waals surface area (Å²) >= 11 is 17.5. The fourth-order valence-electron chi connectivity index (χ4n) is 10.8. The van der Waals surface area contributed by atoms with Crippen LogP contribution in [0.15, 0.2) is 263 Å². The maximum absolute atomic E-state index is 14.2. The second kappa shape index (κ2) is 40.8. The number of likely N-dealkylation sites (N-methyl/N-ethyl adjacent to an activating group) is 2. The van der Waals surface area contributed by atoms with Gasteiger partial charge in [0.15, 0.2) is 17.7 Å². The smallest absolute Gasteiger partial charge is 0.423 e. The predicted molar refractivity (Wildman–Crippen MR) is 438 cm³/mol. The van der Waals surface area contributed by atoms with E-state index in [2.05, 4.69) is 71.9 Å². The first-order valence-electron chi connectivity index (χ1n) is 34.2. The van der Waals surface area contributed by atoms with Gasteiger partial charge in [0.05, 0.1) is 47.7 Å². The number of carbonyl (C=O) groups is 3. The Bertz CT molecular complexity index is 5030. The van der Waals surface area contributed by atoms with Crippen molar-refractivity contribution in [3.8, 4) is 22.5 Å². The minimum atomic E-state index is -1.53. The Hall–Kier alpha value is -12.2. The van der Waals surface area contributed by atoms with E-state index in [4.69, 9.17) is 55.6 Å². The van der Waals surface area contributed by atoms with Gasteiger partial charge in [-0.1, -0.05) is 97.5 Å². The van der Waals surface area contributed by atoms with Crippen LogP contribution in [0.4, 0.5) is 102 Å². The summed E-state index contributed by atoms with van der Waals surface area (Å²) in [7, 11) is 2.07. The van der Waals surface area contributed by atoms with Crippen LogP contribution in [0.1, 0.15) is 0 Å². The van der Waals surface area contributed by atoms with Crippen molar-refractivity contribution in [2.24, 2.45) is 0 Å². The predicted octanol–water partition coefficient (Wildman–Crippen LogP) is 16.4. The van der Waals surface area contributed by atoms with Gasteiger partial charge in [0.1, 0.15) is 28.4 Å². The SMILES string of the molecule is C=CC(=O)Nc1cccc(-c2nc(Cl)ncc2Nc2cccc(F)c2)c1.C=CC(=O)Nc1cccc(-c2nc(Nc3ccc(N4CCN(C)C(F)C4)cc3)ccc2Nc2cccc(F)c2)c1.C=CC(=O)Nc1cccc(B(O)O)c1.CN1CCN(c2ccc(N)cc2)CC1F.Fc1cccc(Nc2ccc(Cl)nc2Cl)c1. The second-order valence-corrected chi connectivity index (χ2v) is 25.7. The molecule has 2 aliphatic heterocycles. The number of aromatic nitrogens is 4. The molecule has 8 aromatic carbocycles. The van der Waals surface area contributed by atoms with Crippen LogP contribution in [-0.2, 0) is 14.4 Å². The second-order valence-electron chi connectivity index (χ2n) is 24.6. The Morgan fingerprint density at radius 2 is 0.901 bits per heavy atom. The number of pyridine rings is 2. The van der Waals surface area contributed by atoms with E-state index in [1.165, 1.54) is 60.8 Å². The van der Waals surface area contributed by atoms with E-state index in [0.717, 1.165) is 54.0 Å². The van der Waals surface area contributed by atoms with E-state index in [9.17, 15) is 36.3 Å². The van der Waals surface area contributed by atoms with E-state index in [0.29, 0.717) is 104 Å². The van der Waals surface area contributed by atoms with Crippen molar-refractivity contribution in [3.63, 3.8) is 0 Å². The zero-order valence-electron chi connectivity index (χ0n) is 60.0. The first-order chi connectivity index (χ1) is 53.4. The van der Waals surface area contributed by atoms with Crippen LogP contribution in [0.3, 0.4) is 0 Å². The number of rotatable bonds is 19. The minimum Gasteiger partial charge on any atom is -0.423 e. The molecule has 0 bridgehead atoms. The number of nitrogens with two attached hydrogens (primary N) is 1. The van der Waals surface area contributed by atoms with Gasteiger partial charge in [-0.2, -0.15) is 0 Å². The number of hydrogen-bond donors (Lipinski definition) is 10. The average Bonchev–Trinajstić information content (AvgIpc) is 0.820. The normalized spacial score (nSPS) is 13.7. The number of nitrogens with zero attached hydrogens (tertiary/aromatic N) is 8. The standard InChI is InChI=1S/C31H30F2N6O.C19H14ClFN4O.C11H7Cl2FN2.C11H16FN3.C9H10BNO3/c1-3-30(40)36-24-8-4-6-21(18-24)31-27(34-25-9-5-7-22(32)19-25)14-15-29(37-31)35-23-10-12-26(13-11-23)39-17-16-38(2)28(33)20-39;1-2-17(26)24-14-7-3-5-12(9-14)18-16(11-22-19(20)25-18)23-15-8-4-6-13(21)10-15;12-10-5-4-9(11(13)16-10)15-8-3-1-2-7(14)6-8;1-14-6-7-15(8-11(14)12)10-4-2-9(13)3-5-10;1-2-9(12)11-8-5-3-4-7(6-8)10(13)14/h3-15,18-19,28,34H,1,16-17,20H2,2H3,(H,35,37)(H,36,40);2-11,23H,1H2,(H,24,26);1-6,15H;2-5,11H,6-8,13H2,1H3;2-6,13-14H,1H2,(H,11,12). The molecule has 0 spiro atoms. The van der Waals surface area contributed by atoms with Crippen molar-refractivity contribution in [2.45, 2.75) is 12.6 Å². The summed E-state index contributed by atoms with van der Waals surface area (Å²) in [6, 6.07) is 61.3. The molecule has 2 aliphatic rings. The highest BCUT2D eigenvalue weighted by Gasteiger charge is 2.26. The molecule has 5 heterocycles. The number of nitrogen functional groups attached to an aromatic ring is 1. The van der Waals surface area contributed by atoms with E-state index in [1.807, 2.05) is 102 Å². The summed E-state index contributed by atoms with van der Waals surface area (Å²) in [5.41, 5.74) is 17.3. The number of anilines is 14. The van der Waals surface area contributed by atoms with E-state index < -0.39 is 19.7 Å². The fourth-order valence-corrected chi connectivity index (χ4v) is 11.3. The molecule has 3 amide bonds. The third kappa shape index (κ3) is 25.7. The van der Waals surface area contributed by atoms with Crippen molar-refractivity contribution in [1.29, 1.82) is 0 Å². The molecule has 11 aromatic rings. The summed E-state index contributed by atoms with van der Waals surface area (Å²) in [5, 5.41) is 38.9. The summed E-state index contributed by atoms with van der Waals surface area (Å²) < 4.78 is 67.8. The van der Waals surface area contributed by atoms with Crippen LogP contribution in [0.25, 0.3) is 22.5 Å². The van der Waals surface area contributed by atoms with E-state index >= 15 is 0 Å². The molecular formula is C81H77BCl3F5N16O5. The minimum absolute atomic E-state index is 0.0744. The number of amides is 3. The first kappa shape index (κ1) is 82.8. The van der Waals surface area contributed by atoms with Gasteiger partial charge in [-0.15, -0.1) is 0 Å². The largest absolute Gasteiger partial charge is 0.488 e. The van der Waals surface area contributed by atoms with Gasteiger partial charge in [-0.05, 0) is 213 Å². The first-order valence-corrected chi connectivity index (χ1v) is 35.3. The van der Waals surface area contributed by atoms with Gasteiger partial charge in [-0.3, -0.25) is 24.2 Å². The van der Waals surface area contributed by atoms with Gasteiger partial charge in [0.25, 0.3) is 0 Å². The highest BCUT2D eigenvalue weighted by atomic mass is 35.5. The molecule has 13 rings (SSSR count). The van der Waals surface area contributed by atoms with Crippen LogP contribution in [-0.4, -0.2) is 131 Å². The Kier molecular flexibility index (Phi) is 30.5. The van der Waals surface area contributed by atoms with Crippen LogP contribution < -0.4 is 58.2 Å². The lowest BCUT2D eigenvalue weighted by molar-refractivity contribution is -0.112. The number of alkyl halides is 2. The molecule has 0 radical (unpaired) electrons. The maximum atomic E-state index is 14.2. The van der Waals surface area contributed by atoms with Gasteiger partial charge in [0.2, 0.25) is 23.0 Å². The zero-order valence-corrected chi connectivity index (χ0v) is 62.3. The van der Waals surface area contributed by atoms with Gasteiger partial charge in [0, 0.05) is 94.2 Å². The molecule has 111 heavy (non-hydrogen) atoms. The van der Waals surface area contributed by atoms with Crippen molar-refractivity contribution in [2.75, 3.05) is 106 Å². The number of hydrogen-bond acceptors (Lipinski definition) is 18. The molecular weight excluding hydrogens is 1490 g/mol. The molecule has 11 N–H and O–H groups in total.